The second-order valence-electron chi connectivity index (χ2n) is 35.0. The molecule has 0 amide bonds. The summed E-state index contributed by atoms with van der Waals surface area (Å²) in [4.78, 5) is 83.1. The second kappa shape index (κ2) is 35.6. The minimum absolute atomic E-state index is 0.497. The van der Waals surface area contributed by atoms with Crippen LogP contribution in [0, 0.1) is 0 Å². The first-order valence-corrected chi connectivity index (χ1v) is 46.9. The van der Waals surface area contributed by atoms with E-state index in [-0.39, 0.29) is 0 Å². The van der Waals surface area contributed by atoms with Gasteiger partial charge in [-0.25, -0.2) is 69.8 Å². The van der Waals surface area contributed by atoms with E-state index in [0.717, 1.165) is 175 Å². The van der Waals surface area contributed by atoms with Gasteiger partial charge in [-0.05, 0) is 185 Å². The first-order chi connectivity index (χ1) is 70.3. The SMILES string of the molecule is c1ccc2c(-c3ncc(-c4nc(-c5cc6ccccc6c6ccccc56)cc(-c5cc6ccccc6c6ccccc56)n4)cn3)nccc2c1.c1ccc2c(-c3ncc(-c4nc(-c5cc6ccccc6c6ccccc56)nc(-c5cc6ccccc6c6ccccc56)n4)cn3)nccc2c1.c1ccc2cc(-c3nc(-c4cnc(-c5nccc6ccccc56)nc4)nc(-c4ccc5ccccc5c4)n3)ccc2c1. The van der Waals surface area contributed by atoms with Crippen molar-refractivity contribution in [1.29, 1.82) is 0 Å². The minimum Gasteiger partial charge on any atom is -0.252 e. The van der Waals surface area contributed by atoms with Gasteiger partial charge in [-0.15, -0.1) is 0 Å². The topological polar surface area (TPSA) is 219 Å². The highest BCUT2D eigenvalue weighted by Crippen LogP contribution is 2.44. The fraction of sp³-hybridized carbons (Fsp3) is 0. The molecule has 28 aromatic rings. The van der Waals surface area contributed by atoms with E-state index in [1.807, 2.05) is 103 Å². The summed E-state index contributed by atoms with van der Waals surface area (Å²) in [5.74, 6) is 5.57. The van der Waals surface area contributed by atoms with Gasteiger partial charge in [-0.1, -0.05) is 340 Å². The molecule has 0 fully saturated rings. The van der Waals surface area contributed by atoms with Gasteiger partial charge in [0.05, 0.1) is 28.1 Å². The normalized spacial score (nSPS) is 11.5. The molecule has 0 radical (unpaired) electrons. The van der Waals surface area contributed by atoms with Crippen molar-refractivity contribution in [2.45, 2.75) is 0 Å². The molecule has 9 heterocycles. The number of nitrogens with zero attached hydrogens (tertiary/aromatic N) is 17. The Morgan fingerprint density at radius 2 is 0.345 bits per heavy atom. The molecule has 0 aliphatic rings. The highest BCUT2D eigenvalue weighted by atomic mass is 15.1. The minimum atomic E-state index is 0.497. The van der Waals surface area contributed by atoms with Crippen LogP contribution in [0.5, 0.6) is 0 Å². The zero-order chi connectivity index (χ0) is 93.9. The van der Waals surface area contributed by atoms with Gasteiger partial charge >= 0.3 is 0 Å². The van der Waals surface area contributed by atoms with E-state index in [4.69, 9.17) is 59.8 Å². The van der Waals surface area contributed by atoms with Crippen LogP contribution in [0.4, 0.5) is 0 Å². The van der Waals surface area contributed by atoms with Gasteiger partial charge in [0.15, 0.2) is 58.2 Å². The summed E-state index contributed by atoms with van der Waals surface area (Å²) in [6.07, 6.45) is 16.1. The third kappa shape index (κ3) is 15.4. The number of benzene rings is 19. The summed E-state index contributed by atoms with van der Waals surface area (Å²) in [5, 5.41) is 29.3. The van der Waals surface area contributed by atoms with E-state index in [0.29, 0.717) is 69.4 Å². The van der Waals surface area contributed by atoms with E-state index in [2.05, 4.69) is 334 Å². The number of pyridine rings is 3. The third-order valence-electron chi connectivity index (χ3n) is 26.5. The second-order valence-corrected chi connectivity index (χ2v) is 35.0. The Morgan fingerprint density at radius 3 is 0.662 bits per heavy atom. The molecule has 0 aliphatic carbocycles. The standard InChI is InChI=1S/C45H27N5.C44H26N6.C36H22N6/c1-6-16-34-28(11-1)21-22-46-43(34)45-47-26-31(27-48-45)44-49-41(39-23-29-12-2-4-14-32(29)35-17-7-9-19-37(35)39)25-42(50-44)40-24-30-13-3-5-15-33(30)36-18-8-10-20-38(36)40;1-6-16-33-27(11-1)21-22-45-40(33)44-46-25-30(26-47-44)41-48-42(38-23-28-12-2-4-14-31(28)34-17-7-9-19-36(34)38)50-43(49-41)39-24-29-13-3-5-15-32(29)35-18-8-10-20-37(35)39;1-3-10-26-19-28(15-13-23(26)7-1)33-40-34(29-16-14-24-8-2-4-11-27(24)20-29)42-35(41-33)30-21-38-36(39-22-30)32-31-12-6-5-9-25(31)17-18-37-32/h1-27H;1-26H;1-22H. The van der Waals surface area contributed by atoms with Crippen LogP contribution in [0.1, 0.15) is 0 Å². The van der Waals surface area contributed by atoms with Gasteiger partial charge in [-0.2, -0.15) is 0 Å². The van der Waals surface area contributed by atoms with Crippen LogP contribution in [0.2, 0.25) is 0 Å². The van der Waals surface area contributed by atoms with E-state index in [1.54, 1.807) is 43.4 Å². The molecule has 9 aromatic heterocycles. The fourth-order valence-corrected chi connectivity index (χ4v) is 19.6. The molecule has 19 aromatic carbocycles. The zero-order valence-corrected chi connectivity index (χ0v) is 75.9. The molecule has 660 valence electrons. The Morgan fingerprint density at radius 1 is 0.120 bits per heavy atom. The van der Waals surface area contributed by atoms with Crippen molar-refractivity contribution < 1.29 is 0 Å². The predicted octanol–water partition coefficient (Wildman–Crippen LogP) is 29.8. The number of fused-ring (bicyclic) bond motifs is 17. The molecule has 17 heteroatoms. The Kier molecular flexibility index (Phi) is 20.8. The quantitative estimate of drug-likeness (QED) is 0.104. The molecule has 0 bridgehead atoms. The number of aromatic nitrogens is 17. The van der Waals surface area contributed by atoms with Gasteiger partial charge in [0.1, 0.15) is 17.1 Å². The molecule has 0 saturated heterocycles. The summed E-state index contributed by atoms with van der Waals surface area (Å²) in [6, 6.07) is 138. The predicted molar refractivity (Wildman–Crippen MR) is 575 cm³/mol. The maximum Gasteiger partial charge on any atom is 0.178 e. The Hall–Kier alpha value is -19.7. The Labute approximate surface area is 812 Å². The molecule has 0 unspecified atom stereocenters. The van der Waals surface area contributed by atoms with Crippen LogP contribution in [-0.4, -0.2) is 84.7 Å². The van der Waals surface area contributed by atoms with Gasteiger partial charge < -0.3 is 0 Å². The Bertz CT molecular complexity index is 9130. The lowest BCUT2D eigenvalue weighted by Crippen LogP contribution is -2.02. The molecule has 28 rings (SSSR count). The van der Waals surface area contributed by atoms with Crippen LogP contribution in [0.3, 0.4) is 0 Å². The van der Waals surface area contributed by atoms with Crippen LogP contribution in [0.25, 0.3) is 277 Å². The smallest absolute Gasteiger partial charge is 0.178 e. The summed E-state index contributed by atoms with van der Waals surface area (Å²) < 4.78 is 0. The van der Waals surface area contributed by atoms with Crippen molar-refractivity contribution in [2.24, 2.45) is 0 Å². The van der Waals surface area contributed by atoms with Crippen LogP contribution in [0.15, 0.2) is 456 Å². The van der Waals surface area contributed by atoms with Crippen molar-refractivity contribution >= 4 is 140 Å². The van der Waals surface area contributed by atoms with Crippen molar-refractivity contribution in [2.75, 3.05) is 0 Å². The molecule has 0 atom stereocenters. The monoisotopic (exact) mass is 1810 g/mol. The molecular formula is C125H75N17. The molecule has 0 saturated carbocycles. The molecule has 0 spiro atoms. The maximum absolute atomic E-state index is 5.24. The highest BCUT2D eigenvalue weighted by Gasteiger charge is 2.25. The van der Waals surface area contributed by atoms with E-state index in [9.17, 15) is 0 Å². The first-order valence-electron chi connectivity index (χ1n) is 46.9. The van der Waals surface area contributed by atoms with Crippen LogP contribution >= 0.6 is 0 Å². The van der Waals surface area contributed by atoms with E-state index in [1.165, 1.54) is 32.3 Å². The highest BCUT2D eigenvalue weighted by molar-refractivity contribution is 6.18. The lowest BCUT2D eigenvalue weighted by molar-refractivity contribution is 1.06. The van der Waals surface area contributed by atoms with Crippen LogP contribution < -0.4 is 0 Å². The first kappa shape index (κ1) is 83.0. The summed E-state index contributed by atoms with van der Waals surface area (Å²) in [5.41, 5.74) is 11.8. The zero-order valence-electron chi connectivity index (χ0n) is 75.9. The summed E-state index contributed by atoms with van der Waals surface area (Å²) >= 11 is 0. The average Bonchev–Trinajstić information content (AvgIpc) is 0.747. The molecule has 0 N–H and O–H groups in total. The summed E-state index contributed by atoms with van der Waals surface area (Å²) in [7, 11) is 0. The van der Waals surface area contributed by atoms with E-state index >= 15 is 0 Å². The number of hydrogen-bond acceptors (Lipinski definition) is 17. The van der Waals surface area contributed by atoms with Crippen molar-refractivity contribution in [3.05, 3.63) is 456 Å². The summed E-state index contributed by atoms with van der Waals surface area (Å²) in [6.45, 7) is 0. The van der Waals surface area contributed by atoms with Gasteiger partial charge in [0.2, 0.25) is 0 Å². The van der Waals surface area contributed by atoms with Gasteiger partial charge in [0.25, 0.3) is 0 Å². The number of hydrogen-bond donors (Lipinski definition) is 0. The molecule has 0 aliphatic heterocycles. The lowest BCUT2D eigenvalue weighted by Gasteiger charge is -2.15. The molecule has 142 heavy (non-hydrogen) atoms. The fourth-order valence-electron chi connectivity index (χ4n) is 19.6. The van der Waals surface area contributed by atoms with E-state index < -0.39 is 0 Å². The largest absolute Gasteiger partial charge is 0.252 e. The van der Waals surface area contributed by atoms with Crippen molar-refractivity contribution in [1.82, 2.24) is 84.7 Å². The third-order valence-corrected chi connectivity index (χ3v) is 26.5. The van der Waals surface area contributed by atoms with Crippen molar-refractivity contribution in [3.63, 3.8) is 0 Å². The number of rotatable bonds is 12. The lowest BCUT2D eigenvalue weighted by atomic mass is 9.93. The molecular weight excluding hydrogens is 1740 g/mol. The van der Waals surface area contributed by atoms with Gasteiger partial charge in [0, 0.05) is 105 Å². The maximum atomic E-state index is 5.24. The van der Waals surface area contributed by atoms with Crippen molar-refractivity contribution in [3.8, 4) is 137 Å². The Balaban J connectivity index is 0.000000110. The molecule has 17 nitrogen and oxygen atoms in total. The van der Waals surface area contributed by atoms with Crippen LogP contribution in [-0.2, 0) is 0 Å². The van der Waals surface area contributed by atoms with Gasteiger partial charge in [-0.3, -0.25) is 15.0 Å². The average molecular weight is 1820 g/mol.